The first-order valence-electron chi connectivity index (χ1n) is 10.3. The number of pyridine rings is 1. The molecule has 0 bridgehead atoms. The molecule has 4 aromatic rings. The van der Waals surface area contributed by atoms with Crippen LogP contribution in [0.15, 0.2) is 90.0 Å². The Hall–Kier alpha value is -3.59. The molecule has 0 aliphatic heterocycles. The average molecular weight is 470 g/mol. The van der Waals surface area contributed by atoms with Crippen LogP contribution in [-0.4, -0.2) is 10.9 Å². The van der Waals surface area contributed by atoms with E-state index in [1.54, 1.807) is 19.1 Å². The number of benzene rings is 3. The lowest BCUT2D eigenvalue weighted by atomic mass is 9.94. The molecular weight excluding hydrogens is 450 g/mol. The number of nitrogens with one attached hydrogen (secondary N) is 1. The fraction of sp³-hybridized carbons (Fsp3) is 0.0741. The molecule has 1 heterocycles. The van der Waals surface area contributed by atoms with Gasteiger partial charge in [-0.05, 0) is 42.3 Å². The Morgan fingerprint density at radius 1 is 1.03 bits per heavy atom. The normalized spacial score (nSPS) is 10.5. The number of nitriles is 1. The quantitative estimate of drug-likeness (QED) is 0.305. The standard InChI is InChI=1S/C27H20ClN3OS/c1-18-24(26(32)31-22-13-6-3-7-14-22)25(20-11-8-12-21(28)15-20)23(16-29)27(30-18)33-17-19-9-4-2-5-10-19/h2-15H,17H2,1H3,(H,31,32). The first kappa shape index (κ1) is 22.6. The molecule has 6 heteroatoms. The zero-order valence-electron chi connectivity index (χ0n) is 17.9. The van der Waals surface area contributed by atoms with Gasteiger partial charge in [-0.2, -0.15) is 5.26 Å². The van der Waals surface area contributed by atoms with Crippen LogP contribution in [0.5, 0.6) is 0 Å². The number of halogens is 1. The van der Waals surface area contributed by atoms with E-state index in [2.05, 4.69) is 16.4 Å². The summed E-state index contributed by atoms with van der Waals surface area (Å²) < 4.78 is 0. The van der Waals surface area contributed by atoms with Crippen LogP contribution >= 0.6 is 23.4 Å². The molecule has 0 atom stereocenters. The Balaban J connectivity index is 1.83. The Kier molecular flexibility index (Phi) is 7.09. The Labute approximate surface area is 202 Å². The lowest BCUT2D eigenvalue weighted by Gasteiger charge is -2.17. The fourth-order valence-electron chi connectivity index (χ4n) is 3.54. The number of rotatable bonds is 6. The lowest BCUT2D eigenvalue weighted by molar-refractivity contribution is 0.102. The van der Waals surface area contributed by atoms with Crippen LogP contribution in [0, 0.1) is 18.3 Å². The monoisotopic (exact) mass is 469 g/mol. The maximum atomic E-state index is 13.4. The van der Waals surface area contributed by atoms with Gasteiger partial charge < -0.3 is 5.32 Å². The first-order chi connectivity index (χ1) is 16.1. The van der Waals surface area contributed by atoms with Crippen molar-refractivity contribution in [2.45, 2.75) is 17.7 Å². The fourth-order valence-corrected chi connectivity index (χ4v) is 4.72. The van der Waals surface area contributed by atoms with E-state index in [1.165, 1.54) is 11.8 Å². The van der Waals surface area contributed by atoms with Crippen molar-refractivity contribution >= 4 is 35.0 Å². The topological polar surface area (TPSA) is 65.8 Å². The number of aryl methyl sites for hydroxylation is 1. The molecule has 1 N–H and O–H groups in total. The third-order valence-electron chi connectivity index (χ3n) is 5.05. The van der Waals surface area contributed by atoms with Crippen LogP contribution in [0.3, 0.4) is 0 Å². The summed E-state index contributed by atoms with van der Waals surface area (Å²) in [7, 11) is 0. The SMILES string of the molecule is Cc1nc(SCc2ccccc2)c(C#N)c(-c2cccc(Cl)c2)c1C(=O)Nc1ccccc1. The van der Waals surface area contributed by atoms with Crippen molar-refractivity contribution in [1.82, 2.24) is 4.98 Å². The number of hydrogen-bond acceptors (Lipinski definition) is 4. The van der Waals surface area contributed by atoms with Gasteiger partial charge in [0.2, 0.25) is 0 Å². The highest BCUT2D eigenvalue weighted by Gasteiger charge is 2.24. The molecule has 0 aliphatic rings. The second-order valence-corrected chi connectivity index (χ2v) is 8.74. The van der Waals surface area contributed by atoms with E-state index in [0.717, 1.165) is 5.56 Å². The Morgan fingerprint density at radius 3 is 2.39 bits per heavy atom. The molecule has 4 rings (SSSR count). The molecule has 33 heavy (non-hydrogen) atoms. The molecule has 1 aromatic heterocycles. The van der Waals surface area contributed by atoms with Gasteiger partial charge in [0.15, 0.2) is 0 Å². The highest BCUT2D eigenvalue weighted by Crippen LogP contribution is 2.37. The number of amides is 1. The summed E-state index contributed by atoms with van der Waals surface area (Å²) >= 11 is 7.75. The summed E-state index contributed by atoms with van der Waals surface area (Å²) in [5.41, 5.74) is 4.30. The number of hydrogen-bond donors (Lipinski definition) is 1. The predicted octanol–water partition coefficient (Wildman–Crippen LogP) is 7.13. The molecule has 0 saturated heterocycles. The Bertz CT molecular complexity index is 1340. The Morgan fingerprint density at radius 2 is 1.73 bits per heavy atom. The number of carbonyl (C=O) groups excluding carboxylic acids is 1. The predicted molar refractivity (Wildman–Crippen MR) is 135 cm³/mol. The van der Waals surface area contributed by atoms with E-state index < -0.39 is 0 Å². The van der Waals surface area contributed by atoms with Crippen molar-refractivity contribution < 1.29 is 4.79 Å². The van der Waals surface area contributed by atoms with Crippen LogP contribution in [0.4, 0.5) is 5.69 Å². The van der Waals surface area contributed by atoms with E-state index in [4.69, 9.17) is 11.6 Å². The molecule has 0 saturated carbocycles. The van der Waals surface area contributed by atoms with E-state index in [9.17, 15) is 10.1 Å². The molecule has 0 fully saturated rings. The van der Waals surface area contributed by atoms with Crippen molar-refractivity contribution in [3.8, 4) is 17.2 Å². The maximum absolute atomic E-state index is 13.4. The van der Waals surface area contributed by atoms with Gasteiger partial charge in [0.25, 0.3) is 5.91 Å². The van der Waals surface area contributed by atoms with Crippen LogP contribution in [0.2, 0.25) is 5.02 Å². The largest absolute Gasteiger partial charge is 0.322 e. The second-order valence-electron chi connectivity index (χ2n) is 7.34. The minimum Gasteiger partial charge on any atom is -0.322 e. The molecule has 0 radical (unpaired) electrons. The third kappa shape index (κ3) is 5.25. The molecule has 3 aromatic carbocycles. The summed E-state index contributed by atoms with van der Waals surface area (Å²) in [4.78, 5) is 18.0. The molecule has 1 amide bonds. The highest BCUT2D eigenvalue weighted by molar-refractivity contribution is 7.98. The summed E-state index contributed by atoms with van der Waals surface area (Å²) in [6.45, 7) is 1.79. The minimum atomic E-state index is -0.322. The number of para-hydroxylation sites is 1. The van der Waals surface area contributed by atoms with Gasteiger partial charge in [-0.1, -0.05) is 72.3 Å². The van der Waals surface area contributed by atoms with E-state index >= 15 is 0 Å². The summed E-state index contributed by atoms with van der Waals surface area (Å²) in [5, 5.41) is 14.2. The summed E-state index contributed by atoms with van der Waals surface area (Å²) in [5.74, 6) is 0.337. The zero-order chi connectivity index (χ0) is 23.2. The molecule has 0 aliphatic carbocycles. The van der Waals surface area contributed by atoms with E-state index in [-0.39, 0.29) is 5.91 Å². The summed E-state index contributed by atoms with van der Waals surface area (Å²) in [6.07, 6.45) is 0. The molecule has 4 nitrogen and oxygen atoms in total. The maximum Gasteiger partial charge on any atom is 0.258 e. The van der Waals surface area contributed by atoms with Gasteiger partial charge in [-0.25, -0.2) is 4.98 Å². The number of aromatic nitrogens is 1. The van der Waals surface area contributed by atoms with Crippen LogP contribution in [-0.2, 0) is 5.75 Å². The van der Waals surface area contributed by atoms with E-state index in [0.29, 0.717) is 49.4 Å². The lowest BCUT2D eigenvalue weighted by Crippen LogP contribution is -2.17. The number of thioether (sulfide) groups is 1. The molecule has 0 spiro atoms. The average Bonchev–Trinajstić information content (AvgIpc) is 2.83. The van der Waals surface area contributed by atoms with E-state index in [1.807, 2.05) is 72.8 Å². The molecule has 162 valence electrons. The van der Waals surface area contributed by atoms with Crippen LogP contribution in [0.1, 0.15) is 27.2 Å². The number of anilines is 1. The first-order valence-corrected chi connectivity index (χ1v) is 11.7. The highest BCUT2D eigenvalue weighted by atomic mass is 35.5. The van der Waals surface area contributed by atoms with Crippen molar-refractivity contribution in [2.24, 2.45) is 0 Å². The van der Waals surface area contributed by atoms with Gasteiger partial charge in [-0.15, -0.1) is 11.8 Å². The number of carbonyl (C=O) groups is 1. The van der Waals surface area contributed by atoms with Gasteiger partial charge in [0.1, 0.15) is 11.1 Å². The van der Waals surface area contributed by atoms with Crippen LogP contribution < -0.4 is 5.32 Å². The zero-order valence-corrected chi connectivity index (χ0v) is 19.5. The van der Waals surface area contributed by atoms with Crippen LogP contribution in [0.25, 0.3) is 11.1 Å². The second kappa shape index (κ2) is 10.4. The third-order valence-corrected chi connectivity index (χ3v) is 6.33. The minimum absolute atomic E-state index is 0.322. The van der Waals surface area contributed by atoms with Gasteiger partial charge >= 0.3 is 0 Å². The smallest absolute Gasteiger partial charge is 0.258 e. The molecular formula is C27H20ClN3OS. The van der Waals surface area contributed by atoms with Crippen molar-refractivity contribution in [2.75, 3.05) is 5.32 Å². The molecule has 0 unspecified atom stereocenters. The van der Waals surface area contributed by atoms with Gasteiger partial charge in [0.05, 0.1) is 16.8 Å². The van der Waals surface area contributed by atoms with Crippen molar-refractivity contribution in [3.63, 3.8) is 0 Å². The van der Waals surface area contributed by atoms with Crippen molar-refractivity contribution in [1.29, 1.82) is 5.26 Å². The van der Waals surface area contributed by atoms with Crippen molar-refractivity contribution in [3.05, 3.63) is 112 Å². The van der Waals surface area contributed by atoms with Gasteiger partial charge in [-0.3, -0.25) is 4.79 Å². The van der Waals surface area contributed by atoms with Gasteiger partial charge in [0, 0.05) is 22.0 Å². The summed E-state index contributed by atoms with van der Waals surface area (Å²) in [6, 6.07) is 28.7. The number of nitrogens with zero attached hydrogens (tertiary/aromatic N) is 2.